The molecule has 4 rings (SSSR count). The summed E-state index contributed by atoms with van der Waals surface area (Å²) < 4.78 is 0. The second-order valence-electron chi connectivity index (χ2n) is 8.96. The monoisotopic (exact) mass is 564 g/mol. The van der Waals surface area contributed by atoms with Crippen LogP contribution in [-0.2, 0) is 9.59 Å². The Morgan fingerprint density at radius 2 is 1.39 bits per heavy atom. The van der Waals surface area contributed by atoms with E-state index in [1.165, 1.54) is 11.8 Å². The first kappa shape index (κ1) is 28.8. The fraction of sp³-hybridized carbons (Fsp3) is 0.0625. The molecule has 0 saturated heterocycles. The van der Waals surface area contributed by atoms with Crippen molar-refractivity contribution < 1.29 is 19.2 Å². The highest BCUT2D eigenvalue weighted by Crippen LogP contribution is 2.27. The van der Waals surface area contributed by atoms with Crippen molar-refractivity contribution in [3.05, 3.63) is 132 Å². The number of amides is 4. The Kier molecular flexibility index (Phi) is 9.69. The van der Waals surface area contributed by atoms with E-state index in [0.717, 1.165) is 10.5 Å². The molecular formula is C32H28N4O4S. The second kappa shape index (κ2) is 13.8. The highest BCUT2D eigenvalue weighted by molar-refractivity contribution is 8.00. The molecule has 0 spiro atoms. The van der Waals surface area contributed by atoms with E-state index >= 15 is 0 Å². The maximum Gasteiger partial charge on any atom is 0.272 e. The molecule has 0 aliphatic heterocycles. The summed E-state index contributed by atoms with van der Waals surface area (Å²) in [5, 5.41) is 7.92. The van der Waals surface area contributed by atoms with Crippen molar-refractivity contribution in [1.82, 2.24) is 5.32 Å². The van der Waals surface area contributed by atoms with Crippen LogP contribution in [0.5, 0.6) is 0 Å². The van der Waals surface area contributed by atoms with Crippen LogP contribution in [0.1, 0.15) is 33.2 Å². The molecule has 8 nitrogen and oxygen atoms in total. The Labute approximate surface area is 242 Å². The fourth-order valence-corrected chi connectivity index (χ4v) is 4.65. The van der Waals surface area contributed by atoms with Crippen molar-refractivity contribution in [2.45, 2.75) is 17.1 Å². The van der Waals surface area contributed by atoms with Crippen LogP contribution in [0.2, 0.25) is 0 Å². The number of rotatable bonds is 10. The summed E-state index contributed by atoms with van der Waals surface area (Å²) in [5.41, 5.74) is 7.92. The molecule has 0 saturated carbocycles. The molecular weight excluding hydrogens is 536 g/mol. The van der Waals surface area contributed by atoms with Gasteiger partial charge in [0.1, 0.15) is 5.70 Å². The third kappa shape index (κ3) is 8.42. The molecule has 1 atom stereocenters. The summed E-state index contributed by atoms with van der Waals surface area (Å²) in [6, 6.07) is 31.3. The van der Waals surface area contributed by atoms with Crippen molar-refractivity contribution in [1.29, 1.82) is 0 Å². The van der Waals surface area contributed by atoms with Crippen LogP contribution in [0.15, 0.2) is 120 Å². The van der Waals surface area contributed by atoms with Crippen LogP contribution in [0.25, 0.3) is 6.08 Å². The lowest BCUT2D eigenvalue weighted by atomic mass is 10.1. The summed E-state index contributed by atoms with van der Waals surface area (Å²) in [6.45, 7) is 1.77. The smallest absolute Gasteiger partial charge is 0.272 e. The first-order chi connectivity index (χ1) is 19.8. The largest absolute Gasteiger partial charge is 0.366 e. The molecule has 0 aromatic heterocycles. The third-order valence-corrected chi connectivity index (χ3v) is 6.94. The molecule has 41 heavy (non-hydrogen) atoms. The third-order valence-electron chi connectivity index (χ3n) is 5.85. The van der Waals surface area contributed by atoms with Crippen molar-refractivity contribution >= 4 is 52.8 Å². The first-order valence-corrected chi connectivity index (χ1v) is 13.6. The van der Waals surface area contributed by atoms with Gasteiger partial charge in [0, 0.05) is 27.4 Å². The minimum absolute atomic E-state index is 0.0817. The van der Waals surface area contributed by atoms with E-state index in [1.807, 2.05) is 42.5 Å². The minimum atomic E-state index is -0.542. The number of thioether (sulfide) groups is 1. The van der Waals surface area contributed by atoms with Crippen LogP contribution in [0.4, 0.5) is 11.4 Å². The second-order valence-corrected chi connectivity index (χ2v) is 10.4. The van der Waals surface area contributed by atoms with E-state index in [1.54, 1.807) is 79.7 Å². The SMILES string of the molecule is CC(Sc1cccc(NC(=O)/C(=C/c2ccccc2)NC(=O)c2ccccc2)c1)C(=O)Nc1ccc(C(N)=O)cc1. The van der Waals surface area contributed by atoms with Gasteiger partial charge >= 0.3 is 0 Å². The summed E-state index contributed by atoms with van der Waals surface area (Å²) in [4.78, 5) is 50.9. The molecule has 0 aliphatic rings. The maximum absolute atomic E-state index is 13.3. The molecule has 0 aliphatic carbocycles. The molecule has 1 unspecified atom stereocenters. The molecule has 0 heterocycles. The topological polar surface area (TPSA) is 130 Å². The van der Waals surface area contributed by atoms with Crippen LogP contribution < -0.4 is 21.7 Å². The summed E-state index contributed by atoms with van der Waals surface area (Å²) in [5.74, 6) is -1.67. The van der Waals surface area contributed by atoms with Gasteiger partial charge < -0.3 is 21.7 Å². The molecule has 9 heteroatoms. The van der Waals surface area contributed by atoms with Crippen LogP contribution in [0, 0.1) is 0 Å². The van der Waals surface area contributed by atoms with E-state index in [2.05, 4.69) is 16.0 Å². The van der Waals surface area contributed by atoms with E-state index < -0.39 is 23.0 Å². The van der Waals surface area contributed by atoms with Gasteiger partial charge in [-0.25, -0.2) is 0 Å². The van der Waals surface area contributed by atoms with Gasteiger partial charge in [-0.3, -0.25) is 19.2 Å². The van der Waals surface area contributed by atoms with Gasteiger partial charge in [0.2, 0.25) is 11.8 Å². The van der Waals surface area contributed by atoms with E-state index in [0.29, 0.717) is 22.5 Å². The number of nitrogens with two attached hydrogens (primary N) is 1. The molecule has 0 bridgehead atoms. The Morgan fingerprint density at radius 3 is 2.05 bits per heavy atom. The van der Waals surface area contributed by atoms with Crippen LogP contribution in [-0.4, -0.2) is 28.9 Å². The zero-order valence-electron chi connectivity index (χ0n) is 22.2. The number of anilines is 2. The lowest BCUT2D eigenvalue weighted by molar-refractivity contribution is -0.115. The molecule has 4 aromatic rings. The Hall–Kier alpha value is -5.15. The Morgan fingerprint density at radius 1 is 0.732 bits per heavy atom. The first-order valence-electron chi connectivity index (χ1n) is 12.7. The molecule has 206 valence electrons. The summed E-state index contributed by atoms with van der Waals surface area (Å²) in [6.07, 6.45) is 1.61. The highest BCUT2D eigenvalue weighted by atomic mass is 32.2. The van der Waals surface area contributed by atoms with Gasteiger partial charge in [0.25, 0.3) is 11.8 Å². The maximum atomic E-state index is 13.3. The number of benzene rings is 4. The van der Waals surface area contributed by atoms with Gasteiger partial charge in [0.15, 0.2) is 0 Å². The number of hydrogen-bond donors (Lipinski definition) is 4. The average Bonchev–Trinajstić information content (AvgIpc) is 2.98. The number of carbonyl (C=O) groups excluding carboxylic acids is 4. The van der Waals surface area contributed by atoms with Crippen molar-refractivity contribution in [2.75, 3.05) is 10.6 Å². The van der Waals surface area contributed by atoms with Gasteiger partial charge in [-0.2, -0.15) is 0 Å². The number of primary amides is 1. The van der Waals surface area contributed by atoms with Crippen LogP contribution in [0.3, 0.4) is 0 Å². The van der Waals surface area contributed by atoms with Gasteiger partial charge in [0.05, 0.1) is 5.25 Å². The van der Waals surface area contributed by atoms with E-state index in [9.17, 15) is 19.2 Å². The molecule has 4 amide bonds. The molecule has 4 aromatic carbocycles. The lowest BCUT2D eigenvalue weighted by Crippen LogP contribution is -2.30. The van der Waals surface area contributed by atoms with Gasteiger partial charge in [-0.1, -0.05) is 54.6 Å². The standard InChI is InChI=1S/C32H28N4O4S/c1-21(30(38)34-25-17-15-23(16-18-25)29(33)37)41-27-14-8-13-26(20-27)35-32(40)28(19-22-9-4-2-5-10-22)36-31(39)24-11-6-3-7-12-24/h2-21H,1H3,(H2,33,37)(H,34,38)(H,35,40)(H,36,39)/b28-19-. The van der Waals surface area contributed by atoms with Crippen molar-refractivity contribution in [3.8, 4) is 0 Å². The number of hydrogen-bond acceptors (Lipinski definition) is 5. The number of carbonyl (C=O) groups is 4. The van der Waals surface area contributed by atoms with Crippen molar-refractivity contribution in [3.63, 3.8) is 0 Å². The zero-order chi connectivity index (χ0) is 29.2. The summed E-state index contributed by atoms with van der Waals surface area (Å²) in [7, 11) is 0. The average molecular weight is 565 g/mol. The Bertz CT molecular complexity index is 1570. The molecule has 0 fully saturated rings. The minimum Gasteiger partial charge on any atom is -0.366 e. The van der Waals surface area contributed by atoms with Gasteiger partial charge in [-0.15, -0.1) is 11.8 Å². The van der Waals surface area contributed by atoms with E-state index in [-0.39, 0.29) is 11.6 Å². The van der Waals surface area contributed by atoms with E-state index in [4.69, 9.17) is 5.73 Å². The quantitative estimate of drug-likeness (QED) is 0.153. The summed E-state index contributed by atoms with van der Waals surface area (Å²) >= 11 is 1.32. The molecule has 0 radical (unpaired) electrons. The predicted octanol–water partition coefficient (Wildman–Crippen LogP) is 5.31. The zero-order valence-corrected chi connectivity index (χ0v) is 23.0. The van der Waals surface area contributed by atoms with Gasteiger partial charge in [-0.05, 0) is 73.2 Å². The highest BCUT2D eigenvalue weighted by Gasteiger charge is 2.17. The van der Waals surface area contributed by atoms with Crippen LogP contribution >= 0.6 is 11.8 Å². The lowest BCUT2D eigenvalue weighted by Gasteiger charge is -2.14. The Balaban J connectivity index is 1.44. The predicted molar refractivity (Wildman–Crippen MR) is 162 cm³/mol. The molecule has 5 N–H and O–H groups in total. The normalized spacial score (nSPS) is 11.7. The fourth-order valence-electron chi connectivity index (χ4n) is 3.72. The van der Waals surface area contributed by atoms with Crippen molar-refractivity contribution in [2.24, 2.45) is 5.73 Å². The number of nitrogens with one attached hydrogen (secondary N) is 3.